The topological polar surface area (TPSA) is 43.4 Å². The third-order valence-corrected chi connectivity index (χ3v) is 2.89. The number of rotatable bonds is 7. The lowest BCUT2D eigenvalue weighted by atomic mass is 10.1. The maximum atomic E-state index is 5.68. The maximum absolute atomic E-state index is 5.68. The first kappa shape index (κ1) is 13.8. The summed E-state index contributed by atoms with van der Waals surface area (Å²) in [6.07, 6.45) is 0.867. The molecule has 1 N–H and O–H groups in total. The number of fused-ring (bicyclic) bond motifs is 1. The molecule has 1 heterocycles. The summed E-state index contributed by atoms with van der Waals surface area (Å²) in [5, 5.41) is 4.34. The molecular formula is C15H20N2O2. The second-order valence-corrected chi connectivity index (χ2v) is 4.36. The Bertz CT molecular complexity index is 529. The van der Waals surface area contributed by atoms with Gasteiger partial charge in [-0.2, -0.15) is 0 Å². The molecule has 0 aliphatic rings. The summed E-state index contributed by atoms with van der Waals surface area (Å²) in [5.74, 6) is 0.681. The van der Waals surface area contributed by atoms with Crippen molar-refractivity contribution in [1.82, 2.24) is 10.3 Å². The van der Waals surface area contributed by atoms with Crippen LogP contribution in [-0.2, 0) is 11.3 Å². The molecule has 1 aromatic carbocycles. The molecule has 0 radical (unpaired) electrons. The summed E-state index contributed by atoms with van der Waals surface area (Å²) in [6, 6.07) is 10.1. The first-order valence-corrected chi connectivity index (χ1v) is 6.50. The number of ether oxygens (including phenoxy) is 2. The Kier molecular flexibility index (Phi) is 5.12. The lowest BCUT2D eigenvalue weighted by Gasteiger charge is -2.10. The van der Waals surface area contributed by atoms with Crippen LogP contribution in [0.2, 0.25) is 0 Å². The highest BCUT2D eigenvalue weighted by molar-refractivity contribution is 5.82. The van der Waals surface area contributed by atoms with Crippen LogP contribution < -0.4 is 10.1 Å². The number of nitrogens with zero attached hydrogens (tertiary/aromatic N) is 1. The zero-order chi connectivity index (χ0) is 13.5. The average Bonchev–Trinajstić information content (AvgIpc) is 2.44. The maximum Gasteiger partial charge on any atom is 0.214 e. The van der Waals surface area contributed by atoms with Gasteiger partial charge in [0, 0.05) is 38.1 Å². The molecule has 19 heavy (non-hydrogen) atoms. The Hall–Kier alpha value is -1.65. The molecule has 4 nitrogen and oxygen atoms in total. The van der Waals surface area contributed by atoms with Crippen molar-refractivity contribution in [2.45, 2.75) is 13.0 Å². The highest BCUT2D eigenvalue weighted by Crippen LogP contribution is 2.22. The van der Waals surface area contributed by atoms with E-state index in [0.717, 1.165) is 18.5 Å². The number of hydrogen-bond donors (Lipinski definition) is 1. The van der Waals surface area contributed by atoms with E-state index in [0.29, 0.717) is 19.1 Å². The lowest BCUT2D eigenvalue weighted by Crippen LogP contribution is -2.08. The number of methoxy groups -OCH3 is 1. The van der Waals surface area contributed by atoms with Crippen molar-refractivity contribution in [1.29, 1.82) is 0 Å². The van der Waals surface area contributed by atoms with Crippen LogP contribution in [0.1, 0.15) is 12.0 Å². The van der Waals surface area contributed by atoms with E-state index >= 15 is 0 Å². The van der Waals surface area contributed by atoms with E-state index in [-0.39, 0.29) is 0 Å². The second-order valence-electron chi connectivity index (χ2n) is 4.36. The number of pyridine rings is 1. The molecule has 2 aromatic rings. The van der Waals surface area contributed by atoms with Gasteiger partial charge in [0.25, 0.3) is 0 Å². The van der Waals surface area contributed by atoms with Gasteiger partial charge >= 0.3 is 0 Å². The van der Waals surface area contributed by atoms with Crippen LogP contribution in [0.3, 0.4) is 0 Å². The van der Waals surface area contributed by atoms with Gasteiger partial charge in [-0.25, -0.2) is 4.98 Å². The fraction of sp³-hybridized carbons (Fsp3) is 0.400. The van der Waals surface area contributed by atoms with Crippen molar-refractivity contribution >= 4 is 10.9 Å². The standard InChI is InChI=1S/C15H20N2O2/c1-16-11-12-10-15(19-9-5-8-18-2)17-14-7-4-3-6-13(12)14/h3-4,6-7,10,16H,5,8-9,11H2,1-2H3. The Morgan fingerprint density at radius 3 is 2.84 bits per heavy atom. The SMILES string of the molecule is CNCc1cc(OCCCOC)nc2ccccc12. The molecule has 0 saturated carbocycles. The molecular weight excluding hydrogens is 240 g/mol. The minimum absolute atomic E-state index is 0.623. The van der Waals surface area contributed by atoms with Gasteiger partial charge in [-0.1, -0.05) is 18.2 Å². The predicted molar refractivity (Wildman–Crippen MR) is 76.5 cm³/mol. The minimum atomic E-state index is 0.623. The van der Waals surface area contributed by atoms with Crippen molar-refractivity contribution < 1.29 is 9.47 Å². The first-order valence-electron chi connectivity index (χ1n) is 6.50. The van der Waals surface area contributed by atoms with E-state index in [1.165, 1.54) is 10.9 Å². The van der Waals surface area contributed by atoms with Crippen LogP contribution in [0.5, 0.6) is 5.88 Å². The van der Waals surface area contributed by atoms with Gasteiger partial charge in [-0.15, -0.1) is 0 Å². The molecule has 0 atom stereocenters. The average molecular weight is 260 g/mol. The number of nitrogens with one attached hydrogen (secondary N) is 1. The molecule has 0 unspecified atom stereocenters. The van der Waals surface area contributed by atoms with Gasteiger partial charge in [0.1, 0.15) is 0 Å². The molecule has 4 heteroatoms. The van der Waals surface area contributed by atoms with E-state index in [4.69, 9.17) is 9.47 Å². The van der Waals surface area contributed by atoms with Gasteiger partial charge in [-0.05, 0) is 18.7 Å². The predicted octanol–water partition coefficient (Wildman–Crippen LogP) is 2.37. The monoisotopic (exact) mass is 260 g/mol. The molecule has 0 aliphatic carbocycles. The third kappa shape index (κ3) is 3.66. The largest absolute Gasteiger partial charge is 0.478 e. The molecule has 102 valence electrons. The second kappa shape index (κ2) is 7.07. The van der Waals surface area contributed by atoms with Crippen LogP contribution in [0.15, 0.2) is 30.3 Å². The molecule has 2 rings (SSSR count). The van der Waals surface area contributed by atoms with E-state index in [1.807, 2.05) is 31.3 Å². The molecule has 0 aliphatic heterocycles. The number of para-hydroxylation sites is 1. The lowest BCUT2D eigenvalue weighted by molar-refractivity contribution is 0.170. The highest BCUT2D eigenvalue weighted by Gasteiger charge is 2.05. The Balaban J connectivity index is 2.19. The van der Waals surface area contributed by atoms with E-state index in [9.17, 15) is 0 Å². The van der Waals surface area contributed by atoms with E-state index < -0.39 is 0 Å². The molecule has 1 aromatic heterocycles. The van der Waals surface area contributed by atoms with Crippen molar-refractivity contribution in [3.8, 4) is 5.88 Å². The zero-order valence-corrected chi connectivity index (χ0v) is 11.5. The third-order valence-electron chi connectivity index (χ3n) is 2.89. The Morgan fingerprint density at radius 2 is 2.05 bits per heavy atom. The number of benzene rings is 1. The summed E-state index contributed by atoms with van der Waals surface area (Å²) < 4.78 is 10.7. The minimum Gasteiger partial charge on any atom is -0.478 e. The van der Waals surface area contributed by atoms with Gasteiger partial charge in [-0.3, -0.25) is 0 Å². The van der Waals surface area contributed by atoms with Crippen molar-refractivity contribution in [2.24, 2.45) is 0 Å². The molecule has 0 saturated heterocycles. The quantitative estimate of drug-likeness (QED) is 0.776. The summed E-state index contributed by atoms with van der Waals surface area (Å²) in [4.78, 5) is 4.52. The molecule has 0 fully saturated rings. The van der Waals surface area contributed by atoms with Crippen LogP contribution >= 0.6 is 0 Å². The van der Waals surface area contributed by atoms with Crippen molar-refractivity contribution in [2.75, 3.05) is 27.4 Å². The summed E-state index contributed by atoms with van der Waals surface area (Å²) in [5.41, 5.74) is 2.17. The Labute approximate surface area is 113 Å². The molecule has 0 amide bonds. The number of aromatic nitrogens is 1. The van der Waals surface area contributed by atoms with Gasteiger partial charge in [0.05, 0.1) is 12.1 Å². The number of hydrogen-bond acceptors (Lipinski definition) is 4. The summed E-state index contributed by atoms with van der Waals surface area (Å²) in [7, 11) is 3.63. The molecule has 0 bridgehead atoms. The summed E-state index contributed by atoms with van der Waals surface area (Å²) >= 11 is 0. The van der Waals surface area contributed by atoms with Crippen LogP contribution in [0, 0.1) is 0 Å². The highest BCUT2D eigenvalue weighted by atomic mass is 16.5. The Morgan fingerprint density at radius 1 is 1.21 bits per heavy atom. The van der Waals surface area contributed by atoms with Gasteiger partial charge in [0.2, 0.25) is 5.88 Å². The zero-order valence-electron chi connectivity index (χ0n) is 11.5. The smallest absolute Gasteiger partial charge is 0.214 e. The van der Waals surface area contributed by atoms with Crippen molar-refractivity contribution in [3.63, 3.8) is 0 Å². The van der Waals surface area contributed by atoms with Gasteiger partial charge in [0.15, 0.2) is 0 Å². The van der Waals surface area contributed by atoms with Gasteiger partial charge < -0.3 is 14.8 Å². The normalized spacial score (nSPS) is 10.8. The van der Waals surface area contributed by atoms with Crippen LogP contribution in [-0.4, -0.2) is 32.4 Å². The molecule has 0 spiro atoms. The fourth-order valence-corrected chi connectivity index (χ4v) is 2.01. The summed E-state index contributed by atoms with van der Waals surface area (Å²) in [6.45, 7) is 2.13. The van der Waals surface area contributed by atoms with Crippen LogP contribution in [0.25, 0.3) is 10.9 Å². The van der Waals surface area contributed by atoms with E-state index in [2.05, 4.69) is 16.4 Å². The van der Waals surface area contributed by atoms with Crippen molar-refractivity contribution in [3.05, 3.63) is 35.9 Å². The first-order chi connectivity index (χ1) is 9.35. The van der Waals surface area contributed by atoms with Crippen LogP contribution in [0.4, 0.5) is 0 Å². The fourth-order valence-electron chi connectivity index (χ4n) is 2.01. The van der Waals surface area contributed by atoms with E-state index in [1.54, 1.807) is 7.11 Å².